The molecule has 32 heavy (non-hydrogen) atoms. The van der Waals surface area contributed by atoms with Crippen LogP contribution in [-0.4, -0.2) is 56.5 Å². The second-order valence-corrected chi connectivity index (χ2v) is 7.35. The number of hydrogen-bond donors (Lipinski definition) is 2. The first kappa shape index (κ1) is 22.9. The number of hydrogen-bond acceptors (Lipinski definition) is 6. The van der Waals surface area contributed by atoms with Gasteiger partial charge in [-0.2, -0.15) is 0 Å². The summed E-state index contributed by atoms with van der Waals surface area (Å²) >= 11 is 0. The van der Waals surface area contributed by atoms with E-state index in [1.54, 1.807) is 24.3 Å². The molecular weight excluding hydrogens is 414 g/mol. The van der Waals surface area contributed by atoms with Crippen molar-refractivity contribution in [2.45, 2.75) is 19.3 Å². The molecule has 0 aromatic heterocycles. The van der Waals surface area contributed by atoms with Crippen molar-refractivity contribution >= 4 is 23.4 Å². The summed E-state index contributed by atoms with van der Waals surface area (Å²) in [6.45, 7) is 1.13. The molecule has 0 unspecified atom stereocenters. The number of piperidine rings is 1. The minimum absolute atomic E-state index is 0.0416. The number of ether oxygens (including phenoxy) is 3. The lowest BCUT2D eigenvalue weighted by atomic mass is 10.1. The Morgan fingerprint density at radius 3 is 2.22 bits per heavy atom. The fraction of sp³-hybridized carbons (Fsp3) is 0.348. The highest BCUT2D eigenvalue weighted by molar-refractivity contribution is 6.06. The maximum Gasteiger partial charge on any atom is 0.255 e. The first-order valence-electron chi connectivity index (χ1n) is 10.3. The number of carbonyl (C=O) groups excluding carboxylic acids is 3. The number of primary amides is 1. The summed E-state index contributed by atoms with van der Waals surface area (Å²) in [5, 5.41) is 2.79. The number of anilines is 1. The summed E-state index contributed by atoms with van der Waals surface area (Å²) in [5.41, 5.74) is 6.39. The third-order valence-electron chi connectivity index (χ3n) is 5.09. The molecule has 1 heterocycles. The van der Waals surface area contributed by atoms with Crippen molar-refractivity contribution in [1.82, 2.24) is 4.90 Å². The summed E-state index contributed by atoms with van der Waals surface area (Å²) in [5.74, 6) is -0.533. The molecule has 0 aliphatic carbocycles. The van der Waals surface area contributed by atoms with Crippen LogP contribution in [0.4, 0.5) is 5.69 Å². The van der Waals surface area contributed by atoms with Gasteiger partial charge in [-0.15, -0.1) is 0 Å². The van der Waals surface area contributed by atoms with Crippen LogP contribution in [0.25, 0.3) is 0 Å². The lowest BCUT2D eigenvalue weighted by Gasteiger charge is -2.26. The summed E-state index contributed by atoms with van der Waals surface area (Å²) in [4.78, 5) is 38.5. The molecule has 9 nitrogen and oxygen atoms in total. The molecule has 1 aliphatic heterocycles. The quantitative estimate of drug-likeness (QED) is 0.649. The fourth-order valence-electron chi connectivity index (χ4n) is 3.51. The smallest absolute Gasteiger partial charge is 0.255 e. The van der Waals surface area contributed by atoms with Gasteiger partial charge in [0.05, 0.1) is 14.2 Å². The molecule has 1 saturated heterocycles. The van der Waals surface area contributed by atoms with Crippen molar-refractivity contribution in [1.29, 1.82) is 0 Å². The van der Waals surface area contributed by atoms with Crippen LogP contribution in [0.5, 0.6) is 17.2 Å². The molecule has 9 heteroatoms. The van der Waals surface area contributed by atoms with Gasteiger partial charge in [-0.25, -0.2) is 0 Å². The van der Waals surface area contributed by atoms with E-state index in [1.807, 2.05) is 4.90 Å². The molecule has 0 spiro atoms. The first-order chi connectivity index (χ1) is 15.4. The lowest BCUT2D eigenvalue weighted by Crippen LogP contribution is -2.35. The number of nitrogens with one attached hydrogen (secondary N) is 1. The van der Waals surface area contributed by atoms with Crippen LogP contribution in [-0.2, 0) is 4.79 Å². The monoisotopic (exact) mass is 441 g/mol. The highest BCUT2D eigenvalue weighted by atomic mass is 16.5. The van der Waals surface area contributed by atoms with Gasteiger partial charge in [0.25, 0.3) is 17.7 Å². The molecule has 3 amide bonds. The topological polar surface area (TPSA) is 120 Å². The molecule has 0 bridgehead atoms. The zero-order valence-corrected chi connectivity index (χ0v) is 18.2. The fourth-order valence-corrected chi connectivity index (χ4v) is 3.51. The van der Waals surface area contributed by atoms with E-state index in [2.05, 4.69) is 5.32 Å². The number of nitrogens with two attached hydrogens (primary N) is 1. The van der Waals surface area contributed by atoms with Gasteiger partial charge in [-0.05, 0) is 49.6 Å². The van der Waals surface area contributed by atoms with Gasteiger partial charge in [0, 0.05) is 29.9 Å². The maximum absolute atomic E-state index is 12.9. The normalized spacial score (nSPS) is 13.2. The van der Waals surface area contributed by atoms with E-state index < -0.39 is 11.8 Å². The van der Waals surface area contributed by atoms with Crippen LogP contribution in [0.2, 0.25) is 0 Å². The highest BCUT2D eigenvalue weighted by Crippen LogP contribution is 2.38. The van der Waals surface area contributed by atoms with Crippen molar-refractivity contribution in [3.05, 3.63) is 47.5 Å². The molecular formula is C23H27N3O6. The molecule has 0 saturated carbocycles. The number of carbonyl (C=O) groups is 3. The van der Waals surface area contributed by atoms with Crippen molar-refractivity contribution in [2.75, 3.05) is 39.2 Å². The lowest BCUT2D eigenvalue weighted by molar-refractivity contribution is -0.120. The molecule has 170 valence electrons. The van der Waals surface area contributed by atoms with Crippen LogP contribution < -0.4 is 25.3 Å². The van der Waals surface area contributed by atoms with Crippen molar-refractivity contribution < 1.29 is 28.6 Å². The number of methoxy groups -OCH3 is 2. The van der Waals surface area contributed by atoms with Crippen LogP contribution in [0.3, 0.4) is 0 Å². The average molecular weight is 441 g/mol. The molecule has 1 aliphatic rings. The van der Waals surface area contributed by atoms with Gasteiger partial charge >= 0.3 is 0 Å². The molecule has 0 atom stereocenters. The Balaban J connectivity index is 1.79. The third kappa shape index (κ3) is 5.48. The predicted octanol–water partition coefficient (Wildman–Crippen LogP) is 2.45. The highest BCUT2D eigenvalue weighted by Gasteiger charge is 2.20. The van der Waals surface area contributed by atoms with Crippen LogP contribution >= 0.6 is 0 Å². The first-order valence-corrected chi connectivity index (χ1v) is 10.3. The zero-order chi connectivity index (χ0) is 23.1. The van der Waals surface area contributed by atoms with E-state index in [0.29, 0.717) is 11.3 Å². The van der Waals surface area contributed by atoms with Crippen LogP contribution in [0.15, 0.2) is 36.4 Å². The standard InChI is InChI=1S/C23H27N3O6/c1-30-18-12-16(13-19(31-2)21(18)32-14-20(24)27)22(28)25-17-8-6-7-15(11-17)23(29)26-9-4-3-5-10-26/h6-8,11-13H,3-5,9-10,14H2,1-2H3,(H2,24,27)(H,25,28). The number of amides is 3. The van der Waals surface area contributed by atoms with Gasteiger partial charge in [0.1, 0.15) is 0 Å². The second kappa shape index (κ2) is 10.5. The van der Waals surface area contributed by atoms with Crippen LogP contribution in [0, 0.1) is 0 Å². The van der Waals surface area contributed by atoms with Gasteiger partial charge in [-0.1, -0.05) is 6.07 Å². The third-order valence-corrected chi connectivity index (χ3v) is 5.09. The maximum atomic E-state index is 12.9. The number of benzene rings is 2. The molecule has 2 aromatic carbocycles. The van der Waals surface area contributed by atoms with Crippen molar-refractivity contribution in [3.63, 3.8) is 0 Å². The Hall–Kier alpha value is -3.75. The van der Waals surface area contributed by atoms with Gasteiger partial charge in [0.2, 0.25) is 5.75 Å². The average Bonchev–Trinajstić information content (AvgIpc) is 2.82. The SMILES string of the molecule is COc1cc(C(=O)Nc2cccc(C(=O)N3CCCCC3)c2)cc(OC)c1OCC(N)=O. The van der Waals surface area contributed by atoms with E-state index in [1.165, 1.54) is 26.4 Å². The van der Waals surface area contributed by atoms with E-state index in [4.69, 9.17) is 19.9 Å². The molecule has 2 aromatic rings. The van der Waals surface area contributed by atoms with E-state index in [0.717, 1.165) is 32.4 Å². The number of nitrogens with zero attached hydrogens (tertiary/aromatic N) is 1. The van der Waals surface area contributed by atoms with Crippen LogP contribution in [0.1, 0.15) is 40.0 Å². The summed E-state index contributed by atoms with van der Waals surface area (Å²) < 4.78 is 15.9. The minimum Gasteiger partial charge on any atom is -0.493 e. The van der Waals surface area contributed by atoms with Gasteiger partial charge in [0.15, 0.2) is 18.1 Å². The Bertz CT molecular complexity index is 976. The number of likely N-dealkylation sites (tertiary alicyclic amines) is 1. The summed E-state index contributed by atoms with van der Waals surface area (Å²) in [6, 6.07) is 9.78. The Labute approximate surface area is 186 Å². The molecule has 3 rings (SSSR count). The second-order valence-electron chi connectivity index (χ2n) is 7.35. The van der Waals surface area contributed by atoms with Crippen molar-refractivity contribution in [3.8, 4) is 17.2 Å². The van der Waals surface area contributed by atoms with Gasteiger partial charge < -0.3 is 30.2 Å². The zero-order valence-electron chi connectivity index (χ0n) is 18.2. The Morgan fingerprint density at radius 1 is 0.969 bits per heavy atom. The predicted molar refractivity (Wildman–Crippen MR) is 118 cm³/mol. The largest absolute Gasteiger partial charge is 0.493 e. The number of rotatable bonds is 8. The minimum atomic E-state index is -0.657. The summed E-state index contributed by atoms with van der Waals surface area (Å²) in [6.07, 6.45) is 3.15. The Kier molecular flexibility index (Phi) is 7.54. The molecule has 3 N–H and O–H groups in total. The molecule has 1 fully saturated rings. The van der Waals surface area contributed by atoms with E-state index in [9.17, 15) is 14.4 Å². The molecule has 0 radical (unpaired) electrons. The van der Waals surface area contributed by atoms with E-state index >= 15 is 0 Å². The summed E-state index contributed by atoms with van der Waals surface area (Å²) in [7, 11) is 2.81. The van der Waals surface area contributed by atoms with E-state index in [-0.39, 0.29) is 35.3 Å². The Morgan fingerprint density at radius 2 is 1.62 bits per heavy atom. The van der Waals surface area contributed by atoms with Gasteiger partial charge in [-0.3, -0.25) is 14.4 Å². The van der Waals surface area contributed by atoms with Crippen molar-refractivity contribution in [2.24, 2.45) is 5.73 Å².